The molecule has 3 aromatic rings. The average molecular weight is 498 g/mol. The third-order valence-electron chi connectivity index (χ3n) is 4.79. The Balaban J connectivity index is 1.54. The Bertz CT molecular complexity index is 1210. The van der Waals surface area contributed by atoms with Gasteiger partial charge in [0.1, 0.15) is 5.75 Å². The van der Waals surface area contributed by atoms with E-state index in [0.29, 0.717) is 36.6 Å². The highest BCUT2D eigenvalue weighted by atomic mass is 32.2. The van der Waals surface area contributed by atoms with Crippen molar-refractivity contribution in [3.8, 4) is 5.75 Å². The molecule has 0 radical (unpaired) electrons. The summed E-state index contributed by atoms with van der Waals surface area (Å²) in [7, 11) is -3.64. The summed E-state index contributed by atoms with van der Waals surface area (Å²) in [5.41, 5.74) is 1.98. The zero-order valence-electron chi connectivity index (χ0n) is 18.8. The van der Waals surface area contributed by atoms with Crippen LogP contribution >= 0.6 is 12.2 Å². The van der Waals surface area contributed by atoms with Crippen molar-refractivity contribution in [3.05, 3.63) is 90.0 Å². The second kappa shape index (κ2) is 12.3. The standard InChI is InChI=1S/C25H27N3O4S2/c1-2-18-32-23-11-7-6-10-22(23)24(29)28-25(33)27-20-12-14-21(15-13-20)34(30,31)26-17-16-19-8-4-3-5-9-19/h3-15,26H,2,16-18H2,1H3,(H2,27,28,29,33). The maximum absolute atomic E-state index is 12.6. The summed E-state index contributed by atoms with van der Waals surface area (Å²) in [4.78, 5) is 12.8. The summed E-state index contributed by atoms with van der Waals surface area (Å²) in [6.45, 7) is 2.79. The molecular weight excluding hydrogens is 470 g/mol. The Hall–Kier alpha value is -3.27. The van der Waals surface area contributed by atoms with Crippen LogP contribution in [0.2, 0.25) is 0 Å². The van der Waals surface area contributed by atoms with Crippen molar-refractivity contribution in [3.63, 3.8) is 0 Å². The molecule has 0 spiro atoms. The Labute approximate surface area is 205 Å². The number of thiocarbonyl (C=S) groups is 1. The maximum atomic E-state index is 12.6. The van der Waals surface area contributed by atoms with Crippen molar-refractivity contribution in [2.75, 3.05) is 18.5 Å². The third kappa shape index (κ3) is 7.38. The first-order valence-corrected chi connectivity index (χ1v) is 12.8. The number of carbonyl (C=O) groups is 1. The summed E-state index contributed by atoms with van der Waals surface area (Å²) >= 11 is 5.24. The number of para-hydroxylation sites is 1. The fourth-order valence-corrected chi connectivity index (χ4v) is 4.34. The molecule has 0 unspecified atom stereocenters. The van der Waals surface area contributed by atoms with Crippen LogP contribution in [-0.2, 0) is 16.4 Å². The number of benzene rings is 3. The van der Waals surface area contributed by atoms with Gasteiger partial charge in [0.2, 0.25) is 10.0 Å². The van der Waals surface area contributed by atoms with E-state index < -0.39 is 15.9 Å². The summed E-state index contributed by atoms with van der Waals surface area (Å²) in [6, 6.07) is 22.7. The topological polar surface area (TPSA) is 96.5 Å². The summed E-state index contributed by atoms with van der Waals surface area (Å²) in [6.07, 6.45) is 1.42. The highest BCUT2D eigenvalue weighted by molar-refractivity contribution is 7.89. The molecule has 0 aliphatic heterocycles. The normalized spacial score (nSPS) is 11.0. The number of ether oxygens (including phenoxy) is 1. The van der Waals surface area contributed by atoms with Crippen LogP contribution in [0.1, 0.15) is 29.3 Å². The zero-order valence-corrected chi connectivity index (χ0v) is 20.4. The smallest absolute Gasteiger partial charge is 0.261 e. The number of carbonyl (C=O) groups excluding carboxylic acids is 1. The molecule has 0 aliphatic rings. The average Bonchev–Trinajstić information content (AvgIpc) is 2.83. The lowest BCUT2D eigenvalue weighted by molar-refractivity contribution is 0.0973. The van der Waals surface area contributed by atoms with Crippen molar-refractivity contribution < 1.29 is 17.9 Å². The van der Waals surface area contributed by atoms with E-state index in [4.69, 9.17) is 17.0 Å². The molecule has 178 valence electrons. The summed E-state index contributed by atoms with van der Waals surface area (Å²) in [5.74, 6) is 0.0880. The van der Waals surface area contributed by atoms with Gasteiger partial charge in [0, 0.05) is 12.2 Å². The highest BCUT2D eigenvalue weighted by Crippen LogP contribution is 2.18. The lowest BCUT2D eigenvalue weighted by atomic mass is 10.2. The summed E-state index contributed by atoms with van der Waals surface area (Å²) in [5, 5.41) is 5.60. The minimum absolute atomic E-state index is 0.0897. The van der Waals surface area contributed by atoms with E-state index in [-0.39, 0.29) is 10.0 Å². The van der Waals surface area contributed by atoms with Gasteiger partial charge in [0.25, 0.3) is 5.91 Å². The number of amides is 1. The van der Waals surface area contributed by atoms with Crippen LogP contribution in [0, 0.1) is 0 Å². The van der Waals surface area contributed by atoms with E-state index in [9.17, 15) is 13.2 Å². The molecule has 0 aromatic heterocycles. The molecule has 0 bridgehead atoms. The fourth-order valence-electron chi connectivity index (χ4n) is 3.10. The lowest BCUT2D eigenvalue weighted by Gasteiger charge is -2.13. The van der Waals surface area contributed by atoms with Crippen LogP contribution in [-0.4, -0.2) is 32.6 Å². The van der Waals surface area contributed by atoms with Gasteiger partial charge in [0.15, 0.2) is 5.11 Å². The van der Waals surface area contributed by atoms with Crippen molar-refractivity contribution in [1.82, 2.24) is 10.0 Å². The quantitative estimate of drug-likeness (QED) is 0.365. The fraction of sp³-hybridized carbons (Fsp3) is 0.200. The second-order valence-corrected chi connectivity index (χ2v) is 9.59. The molecule has 7 nitrogen and oxygen atoms in total. The minimum atomic E-state index is -3.64. The molecule has 0 saturated carbocycles. The lowest BCUT2D eigenvalue weighted by Crippen LogP contribution is -2.34. The first-order chi connectivity index (χ1) is 16.4. The van der Waals surface area contributed by atoms with Crippen LogP contribution in [0.15, 0.2) is 83.8 Å². The number of hydrogen-bond acceptors (Lipinski definition) is 5. The molecule has 3 N–H and O–H groups in total. The predicted molar refractivity (Wildman–Crippen MR) is 138 cm³/mol. The number of rotatable bonds is 10. The number of hydrogen-bond donors (Lipinski definition) is 3. The van der Waals surface area contributed by atoms with Crippen LogP contribution in [0.4, 0.5) is 5.69 Å². The van der Waals surface area contributed by atoms with E-state index in [1.54, 1.807) is 36.4 Å². The van der Waals surface area contributed by atoms with Crippen LogP contribution in [0.3, 0.4) is 0 Å². The highest BCUT2D eigenvalue weighted by Gasteiger charge is 2.15. The van der Waals surface area contributed by atoms with Gasteiger partial charge in [-0.2, -0.15) is 0 Å². The first-order valence-electron chi connectivity index (χ1n) is 10.9. The Morgan fingerprint density at radius 3 is 2.32 bits per heavy atom. The van der Waals surface area contributed by atoms with Gasteiger partial charge >= 0.3 is 0 Å². The monoisotopic (exact) mass is 497 g/mol. The molecule has 0 aliphatic carbocycles. The van der Waals surface area contributed by atoms with E-state index in [0.717, 1.165) is 12.0 Å². The van der Waals surface area contributed by atoms with Crippen LogP contribution in [0.5, 0.6) is 5.75 Å². The molecule has 0 atom stereocenters. The van der Waals surface area contributed by atoms with E-state index in [1.165, 1.54) is 12.1 Å². The van der Waals surface area contributed by atoms with Crippen molar-refractivity contribution >= 4 is 38.9 Å². The molecular formula is C25H27N3O4S2. The van der Waals surface area contributed by atoms with E-state index >= 15 is 0 Å². The van der Waals surface area contributed by atoms with Gasteiger partial charge in [0.05, 0.1) is 17.1 Å². The molecule has 0 saturated heterocycles. The Kier molecular flexibility index (Phi) is 9.15. The zero-order chi connectivity index (χ0) is 24.4. The molecule has 3 aromatic carbocycles. The molecule has 3 rings (SSSR count). The van der Waals surface area contributed by atoms with Gasteiger partial charge in [-0.05, 0) is 67.0 Å². The van der Waals surface area contributed by atoms with Gasteiger partial charge in [-0.15, -0.1) is 0 Å². The largest absolute Gasteiger partial charge is 0.493 e. The SMILES string of the molecule is CCCOc1ccccc1C(=O)NC(=S)Nc1ccc(S(=O)(=O)NCCc2ccccc2)cc1. The van der Waals surface area contributed by atoms with Crippen LogP contribution < -0.4 is 20.1 Å². The second-order valence-electron chi connectivity index (χ2n) is 7.41. The Morgan fingerprint density at radius 1 is 0.941 bits per heavy atom. The maximum Gasteiger partial charge on any atom is 0.261 e. The van der Waals surface area contributed by atoms with Crippen molar-refractivity contribution in [2.24, 2.45) is 0 Å². The molecule has 0 fully saturated rings. The van der Waals surface area contributed by atoms with Gasteiger partial charge in [-0.1, -0.05) is 49.4 Å². The minimum Gasteiger partial charge on any atom is -0.493 e. The van der Waals surface area contributed by atoms with Gasteiger partial charge < -0.3 is 10.1 Å². The van der Waals surface area contributed by atoms with Gasteiger partial charge in [-0.25, -0.2) is 13.1 Å². The number of anilines is 1. The van der Waals surface area contributed by atoms with E-state index in [1.807, 2.05) is 37.3 Å². The van der Waals surface area contributed by atoms with Crippen molar-refractivity contribution in [1.29, 1.82) is 0 Å². The summed E-state index contributed by atoms with van der Waals surface area (Å²) < 4.78 is 33.3. The van der Waals surface area contributed by atoms with E-state index in [2.05, 4.69) is 15.4 Å². The first kappa shape index (κ1) is 25.4. The Morgan fingerprint density at radius 2 is 1.62 bits per heavy atom. The number of sulfonamides is 1. The predicted octanol–water partition coefficient (Wildman–Crippen LogP) is 4.12. The van der Waals surface area contributed by atoms with Gasteiger partial charge in [-0.3, -0.25) is 10.1 Å². The molecule has 9 heteroatoms. The molecule has 1 amide bonds. The molecule has 0 heterocycles. The van der Waals surface area contributed by atoms with Crippen molar-refractivity contribution in [2.45, 2.75) is 24.7 Å². The molecule has 34 heavy (non-hydrogen) atoms. The number of nitrogens with one attached hydrogen (secondary N) is 3. The van der Waals surface area contributed by atoms with Crippen LogP contribution in [0.25, 0.3) is 0 Å². The third-order valence-corrected chi connectivity index (χ3v) is 6.47.